The van der Waals surface area contributed by atoms with Crippen LogP contribution in [0.3, 0.4) is 0 Å². The number of rotatable bonds is 2. The molecule has 1 spiro atoms. The standard InChI is InChI=1S/C14H27NO/c1-4-15-13-7-8-16-14(10-13)9-11(2)5-6-12(14)3/h11-13,15H,4-10H2,1-3H3. The maximum Gasteiger partial charge on any atom is 0.0725 e. The number of hydrogen-bond donors (Lipinski definition) is 1. The summed E-state index contributed by atoms with van der Waals surface area (Å²) in [6, 6.07) is 0.687. The van der Waals surface area contributed by atoms with Gasteiger partial charge in [0.15, 0.2) is 0 Å². The highest BCUT2D eigenvalue weighted by Gasteiger charge is 2.44. The Labute approximate surface area is 100 Å². The van der Waals surface area contributed by atoms with Gasteiger partial charge in [0.2, 0.25) is 0 Å². The molecule has 2 fully saturated rings. The average Bonchev–Trinajstić information content (AvgIpc) is 2.25. The van der Waals surface area contributed by atoms with Crippen LogP contribution in [-0.4, -0.2) is 24.8 Å². The van der Waals surface area contributed by atoms with E-state index < -0.39 is 0 Å². The first-order valence-corrected chi connectivity index (χ1v) is 7.03. The first-order chi connectivity index (χ1) is 7.66. The Hall–Kier alpha value is -0.0800. The molecule has 1 N–H and O–H groups in total. The maximum absolute atomic E-state index is 6.23. The van der Waals surface area contributed by atoms with Crippen molar-refractivity contribution in [1.82, 2.24) is 5.32 Å². The summed E-state index contributed by atoms with van der Waals surface area (Å²) in [7, 11) is 0. The van der Waals surface area contributed by atoms with Gasteiger partial charge in [-0.15, -0.1) is 0 Å². The first kappa shape index (κ1) is 12.4. The molecule has 2 heteroatoms. The van der Waals surface area contributed by atoms with Gasteiger partial charge in [-0.2, -0.15) is 0 Å². The van der Waals surface area contributed by atoms with Gasteiger partial charge in [0, 0.05) is 12.6 Å². The zero-order chi connectivity index (χ0) is 11.6. The zero-order valence-corrected chi connectivity index (χ0v) is 11.1. The fourth-order valence-corrected chi connectivity index (χ4v) is 3.62. The van der Waals surface area contributed by atoms with Crippen LogP contribution in [-0.2, 0) is 4.74 Å². The third kappa shape index (κ3) is 2.43. The Kier molecular flexibility index (Phi) is 3.91. The van der Waals surface area contributed by atoms with E-state index in [0.717, 1.165) is 25.0 Å². The van der Waals surface area contributed by atoms with E-state index in [1.807, 2.05) is 0 Å². The second-order valence-electron chi connectivity index (χ2n) is 5.95. The lowest BCUT2D eigenvalue weighted by molar-refractivity contribution is -0.147. The lowest BCUT2D eigenvalue weighted by atomic mass is 9.68. The smallest absolute Gasteiger partial charge is 0.0725 e. The van der Waals surface area contributed by atoms with Gasteiger partial charge in [-0.05, 0) is 44.1 Å². The van der Waals surface area contributed by atoms with Gasteiger partial charge in [0.25, 0.3) is 0 Å². The molecule has 1 saturated carbocycles. The summed E-state index contributed by atoms with van der Waals surface area (Å²) in [5.41, 5.74) is 0.197. The third-order valence-corrected chi connectivity index (χ3v) is 4.63. The van der Waals surface area contributed by atoms with E-state index in [9.17, 15) is 0 Å². The topological polar surface area (TPSA) is 21.3 Å². The molecular weight excluding hydrogens is 198 g/mol. The highest BCUT2D eigenvalue weighted by molar-refractivity contribution is 4.97. The van der Waals surface area contributed by atoms with Crippen LogP contribution < -0.4 is 5.32 Å². The summed E-state index contributed by atoms with van der Waals surface area (Å²) >= 11 is 0. The molecule has 16 heavy (non-hydrogen) atoms. The van der Waals surface area contributed by atoms with E-state index in [4.69, 9.17) is 4.74 Å². The Morgan fingerprint density at radius 1 is 1.19 bits per heavy atom. The van der Waals surface area contributed by atoms with Gasteiger partial charge < -0.3 is 10.1 Å². The average molecular weight is 225 g/mol. The van der Waals surface area contributed by atoms with Crippen molar-refractivity contribution < 1.29 is 4.74 Å². The van der Waals surface area contributed by atoms with E-state index in [1.165, 1.54) is 32.1 Å². The van der Waals surface area contributed by atoms with Crippen molar-refractivity contribution in [1.29, 1.82) is 0 Å². The van der Waals surface area contributed by atoms with Crippen LogP contribution in [0.25, 0.3) is 0 Å². The van der Waals surface area contributed by atoms with Crippen LogP contribution in [0.4, 0.5) is 0 Å². The molecule has 0 amide bonds. The van der Waals surface area contributed by atoms with Crippen molar-refractivity contribution >= 4 is 0 Å². The molecule has 4 unspecified atom stereocenters. The predicted molar refractivity (Wildman–Crippen MR) is 67.6 cm³/mol. The fraction of sp³-hybridized carbons (Fsp3) is 1.00. The molecule has 2 rings (SSSR count). The van der Waals surface area contributed by atoms with Gasteiger partial charge >= 0.3 is 0 Å². The Morgan fingerprint density at radius 2 is 2.00 bits per heavy atom. The summed E-state index contributed by atoms with van der Waals surface area (Å²) in [6.07, 6.45) is 6.43. The molecule has 1 heterocycles. The lowest BCUT2D eigenvalue weighted by Gasteiger charge is -2.49. The Balaban J connectivity index is 2.03. The summed E-state index contributed by atoms with van der Waals surface area (Å²) < 4.78 is 6.23. The molecule has 0 bridgehead atoms. The Bertz CT molecular complexity index is 229. The number of hydrogen-bond acceptors (Lipinski definition) is 2. The molecular formula is C14H27NO. The van der Waals surface area contributed by atoms with Crippen LogP contribution in [0.5, 0.6) is 0 Å². The maximum atomic E-state index is 6.23. The van der Waals surface area contributed by atoms with Crippen LogP contribution in [0.1, 0.15) is 52.9 Å². The lowest BCUT2D eigenvalue weighted by Crippen LogP contribution is -2.53. The van der Waals surface area contributed by atoms with Crippen LogP contribution in [0.2, 0.25) is 0 Å². The SMILES string of the molecule is CCNC1CCOC2(CC(C)CCC2C)C1. The van der Waals surface area contributed by atoms with E-state index in [0.29, 0.717) is 6.04 Å². The van der Waals surface area contributed by atoms with E-state index >= 15 is 0 Å². The molecule has 1 aliphatic heterocycles. The van der Waals surface area contributed by atoms with Crippen molar-refractivity contribution in [3.63, 3.8) is 0 Å². The fourth-order valence-electron chi connectivity index (χ4n) is 3.62. The van der Waals surface area contributed by atoms with Crippen molar-refractivity contribution in [2.45, 2.75) is 64.5 Å². The minimum Gasteiger partial charge on any atom is -0.375 e. The van der Waals surface area contributed by atoms with Crippen molar-refractivity contribution in [2.75, 3.05) is 13.2 Å². The molecule has 1 aliphatic carbocycles. The quantitative estimate of drug-likeness (QED) is 0.780. The normalized spacial score (nSPS) is 44.8. The Morgan fingerprint density at radius 3 is 2.75 bits per heavy atom. The molecule has 0 aromatic heterocycles. The molecule has 94 valence electrons. The molecule has 0 radical (unpaired) electrons. The second kappa shape index (κ2) is 5.05. The second-order valence-corrected chi connectivity index (χ2v) is 5.95. The van der Waals surface area contributed by atoms with Crippen molar-refractivity contribution in [2.24, 2.45) is 11.8 Å². The molecule has 2 nitrogen and oxygen atoms in total. The van der Waals surface area contributed by atoms with Gasteiger partial charge in [-0.1, -0.05) is 27.2 Å². The highest BCUT2D eigenvalue weighted by atomic mass is 16.5. The molecule has 0 aromatic rings. The third-order valence-electron chi connectivity index (χ3n) is 4.63. The van der Waals surface area contributed by atoms with Gasteiger partial charge in [0.05, 0.1) is 5.60 Å². The minimum atomic E-state index is 0.197. The van der Waals surface area contributed by atoms with Crippen molar-refractivity contribution in [3.8, 4) is 0 Å². The van der Waals surface area contributed by atoms with Gasteiger partial charge in [-0.25, -0.2) is 0 Å². The van der Waals surface area contributed by atoms with Gasteiger partial charge in [-0.3, -0.25) is 0 Å². The number of ether oxygens (including phenoxy) is 1. The summed E-state index contributed by atoms with van der Waals surface area (Å²) in [6.45, 7) is 9.02. The first-order valence-electron chi connectivity index (χ1n) is 7.03. The van der Waals surface area contributed by atoms with E-state index in [-0.39, 0.29) is 5.60 Å². The molecule has 4 atom stereocenters. The van der Waals surface area contributed by atoms with Crippen LogP contribution >= 0.6 is 0 Å². The molecule has 0 aromatic carbocycles. The van der Waals surface area contributed by atoms with Crippen LogP contribution in [0.15, 0.2) is 0 Å². The summed E-state index contributed by atoms with van der Waals surface area (Å²) in [5, 5.41) is 3.61. The highest BCUT2D eigenvalue weighted by Crippen LogP contribution is 2.44. The predicted octanol–water partition coefficient (Wildman–Crippen LogP) is 2.97. The zero-order valence-electron chi connectivity index (χ0n) is 11.1. The number of nitrogens with one attached hydrogen (secondary N) is 1. The van der Waals surface area contributed by atoms with Crippen LogP contribution in [0, 0.1) is 11.8 Å². The van der Waals surface area contributed by atoms with Crippen molar-refractivity contribution in [3.05, 3.63) is 0 Å². The summed E-state index contributed by atoms with van der Waals surface area (Å²) in [5.74, 6) is 1.58. The largest absolute Gasteiger partial charge is 0.375 e. The monoisotopic (exact) mass is 225 g/mol. The van der Waals surface area contributed by atoms with E-state index in [2.05, 4.69) is 26.1 Å². The van der Waals surface area contributed by atoms with E-state index in [1.54, 1.807) is 0 Å². The summed E-state index contributed by atoms with van der Waals surface area (Å²) in [4.78, 5) is 0. The van der Waals surface area contributed by atoms with Gasteiger partial charge in [0.1, 0.15) is 0 Å². The molecule has 1 saturated heterocycles. The minimum absolute atomic E-state index is 0.197. The molecule has 2 aliphatic rings.